The van der Waals surface area contributed by atoms with Crippen molar-refractivity contribution in [1.82, 2.24) is 4.90 Å². The Morgan fingerprint density at radius 3 is 2.43 bits per heavy atom. The lowest BCUT2D eigenvalue weighted by Gasteiger charge is -2.40. The third-order valence-electron chi connectivity index (χ3n) is 4.31. The molecule has 1 aromatic rings. The number of likely N-dealkylation sites (N-methyl/N-ethyl adjacent to an activating group) is 1. The van der Waals surface area contributed by atoms with E-state index in [1.54, 1.807) is 0 Å². The van der Waals surface area contributed by atoms with Crippen LogP contribution in [0.25, 0.3) is 0 Å². The summed E-state index contributed by atoms with van der Waals surface area (Å²) in [5.41, 5.74) is 1.96. The van der Waals surface area contributed by atoms with Gasteiger partial charge >= 0.3 is 10.1 Å². The summed E-state index contributed by atoms with van der Waals surface area (Å²) < 4.78 is 30.8. The highest BCUT2D eigenvalue weighted by Gasteiger charge is 2.45. The van der Waals surface area contributed by atoms with Crippen molar-refractivity contribution >= 4 is 10.1 Å². The van der Waals surface area contributed by atoms with E-state index in [-0.39, 0.29) is 6.04 Å². The maximum absolute atomic E-state index is 12.7. The zero-order valence-corrected chi connectivity index (χ0v) is 13.3. The van der Waals surface area contributed by atoms with Gasteiger partial charge in [-0.3, -0.25) is 0 Å². The quantitative estimate of drug-likeness (QED) is 0.788. The molecule has 0 bridgehead atoms. The van der Waals surface area contributed by atoms with Crippen molar-refractivity contribution in [2.75, 3.05) is 14.1 Å². The zero-order valence-electron chi connectivity index (χ0n) is 12.5. The Labute approximate surface area is 126 Å². The number of nitrogens with zero attached hydrogens (tertiary/aromatic N) is 1. The third kappa shape index (κ3) is 2.60. The number of benzene rings is 1. The van der Waals surface area contributed by atoms with E-state index in [1.807, 2.05) is 49.3 Å². The average Bonchev–Trinajstić information content (AvgIpc) is 2.45. The molecule has 0 aromatic heterocycles. The van der Waals surface area contributed by atoms with Crippen LogP contribution in [0, 0.1) is 0 Å². The van der Waals surface area contributed by atoms with Crippen LogP contribution < -0.4 is 0 Å². The van der Waals surface area contributed by atoms with Crippen molar-refractivity contribution in [3.63, 3.8) is 0 Å². The summed E-state index contributed by atoms with van der Waals surface area (Å²) in [5, 5.41) is -0.648. The van der Waals surface area contributed by atoms with Crippen LogP contribution in [0.4, 0.5) is 0 Å². The van der Waals surface area contributed by atoms with Crippen molar-refractivity contribution in [2.45, 2.75) is 37.0 Å². The summed E-state index contributed by atoms with van der Waals surface area (Å²) in [6.07, 6.45) is 3.77. The fourth-order valence-corrected chi connectivity index (χ4v) is 5.20. The fraction of sp³-hybridized carbons (Fsp3) is 0.500. The monoisotopic (exact) mass is 307 g/mol. The molecule has 0 radical (unpaired) electrons. The molecule has 21 heavy (non-hydrogen) atoms. The van der Waals surface area contributed by atoms with Crippen molar-refractivity contribution in [3.8, 4) is 0 Å². The molecular formula is C16H21NO3S. The first kappa shape index (κ1) is 14.6. The van der Waals surface area contributed by atoms with Gasteiger partial charge in [-0.1, -0.05) is 30.3 Å². The normalized spacial score (nSPS) is 28.1. The SMILES string of the molecule is CN(C)[C@@H]1C2=C(CCCC2)OS(=O)(=O)[C@H]1c1ccccc1. The predicted molar refractivity (Wildman–Crippen MR) is 82.2 cm³/mol. The minimum atomic E-state index is -3.64. The molecule has 0 saturated carbocycles. The number of allylic oxidation sites excluding steroid dienone is 1. The maximum atomic E-state index is 12.7. The van der Waals surface area contributed by atoms with E-state index in [2.05, 4.69) is 0 Å². The van der Waals surface area contributed by atoms with Gasteiger partial charge in [0.1, 0.15) is 11.0 Å². The van der Waals surface area contributed by atoms with Crippen LogP contribution in [0.2, 0.25) is 0 Å². The molecule has 4 nitrogen and oxygen atoms in total. The summed E-state index contributed by atoms with van der Waals surface area (Å²) in [6.45, 7) is 0. The van der Waals surface area contributed by atoms with Crippen LogP contribution >= 0.6 is 0 Å². The Morgan fingerprint density at radius 1 is 1.10 bits per heavy atom. The molecular weight excluding hydrogens is 286 g/mol. The highest BCUT2D eigenvalue weighted by atomic mass is 32.2. The van der Waals surface area contributed by atoms with Crippen LogP contribution in [0.1, 0.15) is 36.5 Å². The van der Waals surface area contributed by atoms with Gasteiger partial charge in [-0.2, -0.15) is 8.42 Å². The second kappa shape index (κ2) is 5.46. The van der Waals surface area contributed by atoms with E-state index in [9.17, 15) is 8.42 Å². The minimum Gasteiger partial charge on any atom is -0.386 e. The van der Waals surface area contributed by atoms with Gasteiger partial charge in [0.25, 0.3) is 0 Å². The summed E-state index contributed by atoms with van der Waals surface area (Å²) >= 11 is 0. The van der Waals surface area contributed by atoms with Crippen molar-refractivity contribution in [3.05, 3.63) is 47.2 Å². The topological polar surface area (TPSA) is 46.6 Å². The van der Waals surface area contributed by atoms with E-state index in [0.717, 1.165) is 36.8 Å². The molecule has 114 valence electrons. The van der Waals surface area contributed by atoms with Crippen LogP contribution in [-0.4, -0.2) is 33.5 Å². The molecule has 0 saturated heterocycles. The summed E-state index contributed by atoms with van der Waals surface area (Å²) in [4.78, 5) is 2.01. The second-order valence-corrected chi connectivity index (χ2v) is 7.63. The molecule has 1 heterocycles. The number of hydrogen-bond acceptors (Lipinski definition) is 4. The van der Waals surface area contributed by atoms with Gasteiger partial charge in [-0.15, -0.1) is 0 Å². The Bertz CT molecular complexity index is 649. The average molecular weight is 307 g/mol. The molecule has 2 atom stereocenters. The van der Waals surface area contributed by atoms with E-state index >= 15 is 0 Å². The molecule has 1 aliphatic heterocycles. The van der Waals surface area contributed by atoms with Crippen LogP contribution in [-0.2, 0) is 14.3 Å². The molecule has 5 heteroatoms. The molecule has 0 spiro atoms. The Balaban J connectivity index is 2.14. The van der Waals surface area contributed by atoms with E-state index in [4.69, 9.17) is 4.18 Å². The summed E-state index contributed by atoms with van der Waals surface area (Å²) in [6, 6.07) is 9.26. The Hall–Kier alpha value is -1.33. The minimum absolute atomic E-state index is 0.138. The lowest BCUT2D eigenvalue weighted by molar-refractivity contribution is 0.250. The van der Waals surface area contributed by atoms with Crippen molar-refractivity contribution in [1.29, 1.82) is 0 Å². The van der Waals surface area contributed by atoms with Gasteiger partial charge in [-0.05, 0) is 44.5 Å². The predicted octanol–water partition coefficient (Wildman–Crippen LogP) is 2.85. The zero-order chi connectivity index (χ0) is 15.0. The first-order valence-corrected chi connectivity index (χ1v) is 8.84. The first-order chi connectivity index (χ1) is 10.0. The van der Waals surface area contributed by atoms with E-state index < -0.39 is 15.4 Å². The molecule has 1 aliphatic carbocycles. The molecule has 3 rings (SSSR count). The standard InChI is InChI=1S/C16H21NO3S/c1-17(2)15-13-10-6-7-11-14(13)20-21(18,19)16(15)12-8-4-3-5-9-12/h3-5,8-9,15-16H,6-7,10-11H2,1-2H3/t15-,16+/m1/s1. The van der Waals surface area contributed by atoms with Gasteiger partial charge in [0.15, 0.2) is 0 Å². The molecule has 2 aliphatic rings. The molecule has 0 N–H and O–H groups in total. The number of rotatable bonds is 2. The van der Waals surface area contributed by atoms with Crippen molar-refractivity contribution < 1.29 is 12.6 Å². The molecule has 0 amide bonds. The van der Waals surface area contributed by atoms with E-state index in [0.29, 0.717) is 5.76 Å². The maximum Gasteiger partial charge on any atom is 0.317 e. The summed E-state index contributed by atoms with van der Waals surface area (Å²) in [7, 11) is 0.250. The van der Waals surface area contributed by atoms with Crippen LogP contribution in [0.3, 0.4) is 0 Å². The third-order valence-corrected chi connectivity index (χ3v) is 5.90. The van der Waals surface area contributed by atoms with Gasteiger partial charge in [0.2, 0.25) is 0 Å². The van der Waals surface area contributed by atoms with Gasteiger partial charge in [0.05, 0.1) is 6.04 Å². The van der Waals surface area contributed by atoms with E-state index in [1.165, 1.54) is 0 Å². The van der Waals surface area contributed by atoms with Crippen molar-refractivity contribution in [2.24, 2.45) is 0 Å². The second-order valence-electron chi connectivity index (χ2n) is 5.97. The fourth-order valence-electron chi connectivity index (χ4n) is 3.42. The molecule has 1 aromatic carbocycles. The van der Waals surface area contributed by atoms with Gasteiger partial charge in [0, 0.05) is 6.42 Å². The lowest BCUT2D eigenvalue weighted by Crippen LogP contribution is -2.44. The largest absolute Gasteiger partial charge is 0.386 e. The number of hydrogen-bond donors (Lipinski definition) is 0. The van der Waals surface area contributed by atoms with Gasteiger partial charge in [-0.25, -0.2) is 0 Å². The Kier molecular flexibility index (Phi) is 3.80. The summed E-state index contributed by atoms with van der Waals surface area (Å²) in [5.74, 6) is 0.687. The van der Waals surface area contributed by atoms with Gasteiger partial charge < -0.3 is 9.08 Å². The first-order valence-electron chi connectivity index (χ1n) is 7.37. The Morgan fingerprint density at radius 2 is 1.76 bits per heavy atom. The van der Waals surface area contributed by atoms with Crippen LogP contribution in [0.5, 0.6) is 0 Å². The molecule has 0 fully saturated rings. The molecule has 0 unspecified atom stereocenters. The smallest absolute Gasteiger partial charge is 0.317 e. The van der Waals surface area contributed by atoms with Crippen LogP contribution in [0.15, 0.2) is 41.7 Å². The highest BCUT2D eigenvalue weighted by molar-refractivity contribution is 7.87. The highest BCUT2D eigenvalue weighted by Crippen LogP contribution is 2.44. The lowest BCUT2D eigenvalue weighted by atomic mass is 9.88.